The molecule has 2 fully saturated rings. The molecule has 0 radical (unpaired) electrons. The lowest BCUT2D eigenvalue weighted by atomic mass is 9.80. The summed E-state index contributed by atoms with van der Waals surface area (Å²) in [5.74, 6) is 1.36. The summed E-state index contributed by atoms with van der Waals surface area (Å²) in [4.78, 5) is 30.4. The molecule has 0 bridgehead atoms. The van der Waals surface area contributed by atoms with Gasteiger partial charge in [0.15, 0.2) is 11.6 Å². The molecule has 1 aromatic rings. The lowest BCUT2D eigenvalue weighted by molar-refractivity contribution is -0.00937. The Morgan fingerprint density at radius 2 is 1.11 bits per heavy atom. The monoisotopic (exact) mass is 384 g/mol. The number of ether oxygens (including phenoxy) is 2. The number of rotatable bonds is 0. The minimum atomic E-state index is -0.408. The third-order valence-electron chi connectivity index (χ3n) is 7.10. The quantitative estimate of drug-likeness (QED) is 0.685. The fraction of sp³-hybridized carbons (Fsp3) is 0.636. The van der Waals surface area contributed by atoms with E-state index in [1.165, 1.54) is 0 Å². The summed E-state index contributed by atoms with van der Waals surface area (Å²) in [6.45, 7) is 3.72. The number of likely N-dealkylation sites (tertiary alicyclic amines) is 2. The average molecular weight is 384 g/mol. The van der Waals surface area contributed by atoms with Crippen LogP contribution in [-0.4, -0.2) is 72.8 Å². The molecule has 6 heteroatoms. The van der Waals surface area contributed by atoms with Crippen LogP contribution in [0.4, 0.5) is 0 Å². The average Bonchev–Trinajstić information content (AvgIpc) is 2.66. The van der Waals surface area contributed by atoms with Crippen LogP contribution < -0.4 is 9.47 Å². The van der Waals surface area contributed by atoms with Crippen molar-refractivity contribution in [3.63, 3.8) is 0 Å². The van der Waals surface area contributed by atoms with Crippen LogP contribution in [0, 0.1) is 0 Å². The molecule has 0 aliphatic carbocycles. The minimum Gasteiger partial charge on any atom is -0.486 e. The van der Waals surface area contributed by atoms with Gasteiger partial charge in [0.2, 0.25) is 0 Å². The zero-order chi connectivity index (χ0) is 19.5. The fourth-order valence-corrected chi connectivity index (χ4v) is 5.09. The molecule has 4 aliphatic rings. The van der Waals surface area contributed by atoms with Crippen LogP contribution in [-0.2, 0) is 0 Å². The topological polar surface area (TPSA) is 59.1 Å². The van der Waals surface area contributed by atoms with Crippen LogP contribution in [0.1, 0.15) is 59.2 Å². The summed E-state index contributed by atoms with van der Waals surface area (Å²) >= 11 is 0. The van der Waals surface area contributed by atoms with Crippen LogP contribution in [0.2, 0.25) is 0 Å². The normalized spacial score (nSPS) is 26.5. The molecule has 6 nitrogen and oxygen atoms in total. The molecule has 0 amide bonds. The van der Waals surface area contributed by atoms with Crippen molar-refractivity contribution < 1.29 is 19.1 Å². The fourth-order valence-electron chi connectivity index (χ4n) is 5.09. The Morgan fingerprint density at radius 3 is 1.50 bits per heavy atom. The first-order valence-corrected chi connectivity index (χ1v) is 10.4. The van der Waals surface area contributed by atoms with Crippen molar-refractivity contribution in [2.75, 3.05) is 40.3 Å². The zero-order valence-electron chi connectivity index (χ0n) is 16.8. The number of hydrogen-bond donors (Lipinski definition) is 0. The number of ketones is 2. The first-order valence-electron chi connectivity index (χ1n) is 10.4. The molecule has 150 valence electrons. The Kier molecular flexibility index (Phi) is 4.07. The number of carbonyl (C=O) groups excluding carboxylic acids is 2. The summed E-state index contributed by atoms with van der Waals surface area (Å²) < 4.78 is 12.9. The molecule has 0 unspecified atom stereocenters. The Labute approximate surface area is 165 Å². The number of benzene rings is 1. The van der Waals surface area contributed by atoms with E-state index in [1.54, 1.807) is 6.07 Å². The molecule has 0 N–H and O–H groups in total. The lowest BCUT2D eigenvalue weighted by Gasteiger charge is -2.45. The second-order valence-electron chi connectivity index (χ2n) is 9.22. The van der Waals surface area contributed by atoms with E-state index in [9.17, 15) is 9.59 Å². The second kappa shape index (κ2) is 6.29. The van der Waals surface area contributed by atoms with Crippen molar-refractivity contribution >= 4 is 11.6 Å². The van der Waals surface area contributed by atoms with Crippen LogP contribution in [0.25, 0.3) is 0 Å². The van der Waals surface area contributed by atoms with E-state index in [-0.39, 0.29) is 11.6 Å². The molecule has 2 saturated heterocycles. The van der Waals surface area contributed by atoms with Crippen molar-refractivity contribution in [2.24, 2.45) is 0 Å². The molecule has 1 aromatic carbocycles. The molecule has 28 heavy (non-hydrogen) atoms. The van der Waals surface area contributed by atoms with Gasteiger partial charge in [-0.05, 0) is 20.2 Å². The molecule has 5 rings (SSSR count). The smallest absolute Gasteiger partial charge is 0.170 e. The number of piperidine rings is 2. The third kappa shape index (κ3) is 2.94. The highest BCUT2D eigenvalue weighted by Crippen LogP contribution is 2.46. The summed E-state index contributed by atoms with van der Waals surface area (Å²) in [6.07, 6.45) is 4.20. The van der Waals surface area contributed by atoms with Crippen LogP contribution in [0.5, 0.6) is 11.5 Å². The Morgan fingerprint density at radius 1 is 0.714 bits per heavy atom. The van der Waals surface area contributed by atoms with Crippen molar-refractivity contribution in [3.05, 3.63) is 23.3 Å². The number of fused-ring (bicyclic) bond motifs is 2. The van der Waals surface area contributed by atoms with E-state index < -0.39 is 11.2 Å². The maximum Gasteiger partial charge on any atom is 0.170 e. The zero-order valence-corrected chi connectivity index (χ0v) is 16.8. The molecule has 2 spiro atoms. The van der Waals surface area contributed by atoms with Crippen LogP contribution in [0.3, 0.4) is 0 Å². The highest BCUT2D eigenvalue weighted by atomic mass is 16.5. The summed E-state index contributed by atoms with van der Waals surface area (Å²) in [5, 5.41) is 0. The summed E-state index contributed by atoms with van der Waals surface area (Å²) in [5.41, 5.74) is 0.267. The Hall–Kier alpha value is -1.92. The molecule has 4 heterocycles. The van der Waals surface area contributed by atoms with E-state index in [0.717, 1.165) is 51.9 Å². The van der Waals surface area contributed by atoms with Crippen molar-refractivity contribution in [1.29, 1.82) is 0 Å². The summed E-state index contributed by atoms with van der Waals surface area (Å²) in [7, 11) is 4.20. The van der Waals surface area contributed by atoms with E-state index in [2.05, 4.69) is 23.9 Å². The number of nitrogens with zero attached hydrogens (tertiary/aromatic N) is 2. The Bertz CT molecular complexity index is 768. The maximum atomic E-state index is 12.9. The SMILES string of the molecule is CN1CCC2(CC1)CC(=O)c1cc3c(cc1O2)OC1(CCN(C)CC1)CC3=O. The van der Waals surface area contributed by atoms with E-state index in [0.29, 0.717) is 35.5 Å². The first kappa shape index (κ1) is 18.1. The minimum absolute atomic E-state index is 0.0842. The van der Waals surface area contributed by atoms with Gasteiger partial charge in [-0.25, -0.2) is 0 Å². The number of hydrogen-bond acceptors (Lipinski definition) is 6. The van der Waals surface area contributed by atoms with Gasteiger partial charge in [0, 0.05) is 57.9 Å². The van der Waals surface area contributed by atoms with Crippen LogP contribution in [0.15, 0.2) is 12.1 Å². The van der Waals surface area contributed by atoms with Gasteiger partial charge in [-0.3, -0.25) is 9.59 Å². The third-order valence-corrected chi connectivity index (χ3v) is 7.10. The second-order valence-corrected chi connectivity index (χ2v) is 9.22. The number of Topliss-reactive ketones (excluding diaryl/α,β-unsaturated/α-hetero) is 2. The van der Waals surface area contributed by atoms with E-state index >= 15 is 0 Å². The van der Waals surface area contributed by atoms with Crippen molar-refractivity contribution in [1.82, 2.24) is 9.80 Å². The van der Waals surface area contributed by atoms with Crippen LogP contribution >= 0.6 is 0 Å². The molecular formula is C22H28N2O4. The number of carbonyl (C=O) groups is 2. The van der Waals surface area contributed by atoms with Gasteiger partial charge in [0.1, 0.15) is 22.7 Å². The van der Waals surface area contributed by atoms with Gasteiger partial charge in [-0.1, -0.05) is 0 Å². The van der Waals surface area contributed by atoms with Gasteiger partial charge in [0.25, 0.3) is 0 Å². The van der Waals surface area contributed by atoms with E-state index in [4.69, 9.17) is 9.47 Å². The first-order chi connectivity index (χ1) is 13.4. The van der Waals surface area contributed by atoms with Crippen molar-refractivity contribution in [2.45, 2.75) is 49.7 Å². The molecule has 0 aromatic heterocycles. The van der Waals surface area contributed by atoms with Gasteiger partial charge in [-0.2, -0.15) is 0 Å². The maximum absolute atomic E-state index is 12.9. The highest BCUT2D eigenvalue weighted by Gasteiger charge is 2.46. The lowest BCUT2D eigenvalue weighted by Crippen LogP contribution is -2.51. The molecule has 0 saturated carbocycles. The molecular weight excluding hydrogens is 356 g/mol. The van der Waals surface area contributed by atoms with E-state index in [1.807, 2.05) is 6.07 Å². The standard InChI is InChI=1S/C22H28N2O4/c1-23-7-3-21(4-8-23)13-17(25)15-11-16-18(26)14-22(5-9-24(2)10-6-22)28-20(16)12-19(15)27-21/h11-12H,3-10,13-14H2,1-2H3. The van der Waals surface area contributed by atoms with Gasteiger partial charge < -0.3 is 19.3 Å². The molecule has 0 atom stereocenters. The highest BCUT2D eigenvalue weighted by molar-refractivity contribution is 6.06. The van der Waals surface area contributed by atoms with Gasteiger partial charge in [0.05, 0.1) is 24.0 Å². The predicted molar refractivity (Wildman–Crippen MR) is 105 cm³/mol. The molecule has 4 aliphatic heterocycles. The summed E-state index contributed by atoms with van der Waals surface area (Å²) in [6, 6.07) is 3.54. The predicted octanol–water partition coefficient (Wildman–Crippen LogP) is 2.55. The van der Waals surface area contributed by atoms with Crippen molar-refractivity contribution in [3.8, 4) is 11.5 Å². The Balaban J connectivity index is 1.48. The van der Waals surface area contributed by atoms with Gasteiger partial charge >= 0.3 is 0 Å². The largest absolute Gasteiger partial charge is 0.486 e. The van der Waals surface area contributed by atoms with Gasteiger partial charge in [-0.15, -0.1) is 0 Å².